The van der Waals surface area contributed by atoms with Crippen LogP contribution in [-0.2, 0) is 6.54 Å². The minimum absolute atomic E-state index is 0.0287. The lowest BCUT2D eigenvalue weighted by atomic mass is 10.0. The van der Waals surface area contributed by atoms with Crippen molar-refractivity contribution >= 4 is 11.0 Å². The fourth-order valence-electron chi connectivity index (χ4n) is 4.77. The highest BCUT2D eigenvalue weighted by atomic mass is 16.7. The first kappa shape index (κ1) is 20.1. The third-order valence-electron chi connectivity index (χ3n) is 6.52. The zero-order chi connectivity index (χ0) is 22.2. The second-order valence-electron chi connectivity index (χ2n) is 8.61. The van der Waals surface area contributed by atoms with Gasteiger partial charge >= 0.3 is 0 Å². The Balaban J connectivity index is 1.30. The topological polar surface area (TPSA) is 77.9 Å². The largest absolute Gasteiger partial charge is 0.464 e. The molecule has 2 aromatic heterocycles. The van der Waals surface area contributed by atoms with Crippen LogP contribution in [0.4, 0.5) is 0 Å². The number of ether oxygens (including phenoxy) is 2. The summed E-state index contributed by atoms with van der Waals surface area (Å²) in [5.41, 5.74) is 3.09. The molecule has 0 bridgehead atoms. The van der Waals surface area contributed by atoms with Crippen LogP contribution in [0.3, 0.4) is 0 Å². The van der Waals surface area contributed by atoms with Crippen LogP contribution in [0.1, 0.15) is 43.0 Å². The number of fused-ring (bicyclic) bond motifs is 2. The predicted molar refractivity (Wildman–Crippen MR) is 122 cm³/mol. The number of hydrogen-bond donors (Lipinski definition) is 0. The molecule has 2 aliphatic heterocycles. The normalized spacial score (nSPS) is 18.5. The Morgan fingerprint density at radius 1 is 1.00 bits per heavy atom. The van der Waals surface area contributed by atoms with Crippen LogP contribution in [0.5, 0.6) is 11.5 Å². The van der Waals surface area contributed by atoms with E-state index in [2.05, 4.69) is 10.1 Å². The van der Waals surface area contributed by atoms with E-state index in [1.165, 1.54) is 0 Å². The van der Waals surface area contributed by atoms with E-state index in [1.807, 2.05) is 48.5 Å². The Kier molecular flexibility index (Phi) is 5.11. The van der Waals surface area contributed by atoms with E-state index in [9.17, 15) is 4.79 Å². The molecule has 1 atom stereocenters. The molecule has 33 heavy (non-hydrogen) atoms. The molecule has 6 rings (SSSR count). The molecular formula is C26H24N2O5. The van der Waals surface area contributed by atoms with Gasteiger partial charge in [-0.3, -0.25) is 9.69 Å². The minimum atomic E-state index is 0.0287. The highest BCUT2D eigenvalue weighted by Gasteiger charge is 2.27. The molecule has 1 saturated heterocycles. The van der Waals surface area contributed by atoms with Crippen molar-refractivity contribution in [2.24, 2.45) is 0 Å². The summed E-state index contributed by atoms with van der Waals surface area (Å²) in [7, 11) is 0. The van der Waals surface area contributed by atoms with Gasteiger partial charge in [0, 0.05) is 23.7 Å². The summed E-state index contributed by atoms with van der Waals surface area (Å²) in [6, 6.07) is 15.2. The number of nitrogens with zero attached hydrogens (tertiary/aromatic N) is 2. The van der Waals surface area contributed by atoms with Crippen molar-refractivity contribution in [1.29, 1.82) is 0 Å². The quantitative estimate of drug-likeness (QED) is 0.423. The van der Waals surface area contributed by atoms with Crippen molar-refractivity contribution in [1.82, 2.24) is 10.1 Å². The van der Waals surface area contributed by atoms with E-state index in [-0.39, 0.29) is 18.3 Å². The van der Waals surface area contributed by atoms with E-state index in [0.717, 1.165) is 49.2 Å². The van der Waals surface area contributed by atoms with Gasteiger partial charge in [0.1, 0.15) is 11.3 Å². The standard InChI is InChI=1S/C26H24N2O5/c29-26-18(15-30-22-8-4-3-6-19(22)26)14-28-11-5-1-2-7-21(28)20-13-24(33-27-20)17-9-10-23-25(12-17)32-16-31-23/h3-4,6,8-10,12-13,15,21H,1-2,5,7,11,14,16H2/t21-/m0/s1. The van der Waals surface area contributed by atoms with Crippen molar-refractivity contribution in [3.05, 3.63) is 76.3 Å². The van der Waals surface area contributed by atoms with E-state index in [0.29, 0.717) is 34.6 Å². The van der Waals surface area contributed by atoms with Gasteiger partial charge in [-0.15, -0.1) is 0 Å². The van der Waals surface area contributed by atoms with Gasteiger partial charge in [0.05, 0.1) is 17.7 Å². The molecule has 7 nitrogen and oxygen atoms in total. The smallest absolute Gasteiger partial charge is 0.231 e. The molecule has 2 aromatic carbocycles. The first-order valence-corrected chi connectivity index (χ1v) is 11.4. The van der Waals surface area contributed by atoms with Gasteiger partial charge in [-0.2, -0.15) is 0 Å². The van der Waals surface area contributed by atoms with E-state index < -0.39 is 0 Å². The Morgan fingerprint density at radius 2 is 1.91 bits per heavy atom. The van der Waals surface area contributed by atoms with Crippen molar-refractivity contribution in [3.8, 4) is 22.8 Å². The second kappa shape index (κ2) is 8.41. The monoisotopic (exact) mass is 444 g/mol. The summed E-state index contributed by atoms with van der Waals surface area (Å²) in [6.07, 6.45) is 5.92. The van der Waals surface area contributed by atoms with E-state index in [1.54, 1.807) is 6.26 Å². The summed E-state index contributed by atoms with van der Waals surface area (Å²) in [5, 5.41) is 5.04. The van der Waals surface area contributed by atoms with Gasteiger partial charge in [-0.1, -0.05) is 30.1 Å². The molecule has 1 fully saturated rings. The SMILES string of the molecule is O=c1c(CN2CCCCC[C@H]2c2cc(-c3ccc4c(c3)OCO4)on2)coc2ccccc12. The van der Waals surface area contributed by atoms with Crippen LogP contribution < -0.4 is 14.9 Å². The minimum Gasteiger partial charge on any atom is -0.464 e. The molecule has 7 heteroatoms. The van der Waals surface area contributed by atoms with Gasteiger partial charge < -0.3 is 18.4 Å². The maximum absolute atomic E-state index is 13.1. The summed E-state index contributed by atoms with van der Waals surface area (Å²) < 4.78 is 22.4. The molecule has 0 radical (unpaired) electrons. The van der Waals surface area contributed by atoms with Gasteiger partial charge in [-0.25, -0.2) is 0 Å². The van der Waals surface area contributed by atoms with Crippen LogP contribution >= 0.6 is 0 Å². The van der Waals surface area contributed by atoms with Crippen LogP contribution in [-0.4, -0.2) is 23.4 Å². The first-order chi connectivity index (χ1) is 16.3. The summed E-state index contributed by atoms with van der Waals surface area (Å²) >= 11 is 0. The lowest BCUT2D eigenvalue weighted by Gasteiger charge is -2.28. The molecule has 0 aliphatic carbocycles. The summed E-state index contributed by atoms with van der Waals surface area (Å²) in [5.74, 6) is 2.14. The predicted octanol–water partition coefficient (Wildman–Crippen LogP) is 5.29. The van der Waals surface area contributed by atoms with Crippen LogP contribution in [0.2, 0.25) is 0 Å². The zero-order valence-electron chi connectivity index (χ0n) is 18.2. The molecule has 0 unspecified atom stereocenters. The van der Waals surface area contributed by atoms with E-state index >= 15 is 0 Å². The Hall–Kier alpha value is -3.58. The van der Waals surface area contributed by atoms with Gasteiger partial charge in [0.2, 0.25) is 6.79 Å². The zero-order valence-corrected chi connectivity index (χ0v) is 18.2. The number of aromatic nitrogens is 1. The van der Waals surface area contributed by atoms with Crippen LogP contribution in [0.15, 0.2) is 68.5 Å². The van der Waals surface area contributed by atoms with Gasteiger partial charge in [0.25, 0.3) is 0 Å². The van der Waals surface area contributed by atoms with Crippen LogP contribution in [0, 0.1) is 0 Å². The number of benzene rings is 2. The Labute approximate surface area is 190 Å². The molecule has 4 heterocycles. The number of likely N-dealkylation sites (tertiary alicyclic amines) is 1. The van der Waals surface area contributed by atoms with Gasteiger partial charge in [0.15, 0.2) is 22.7 Å². The highest BCUT2D eigenvalue weighted by molar-refractivity contribution is 5.76. The summed E-state index contributed by atoms with van der Waals surface area (Å²) in [6.45, 7) is 1.65. The number of para-hydroxylation sites is 1. The number of hydrogen-bond acceptors (Lipinski definition) is 7. The lowest BCUT2D eigenvalue weighted by Crippen LogP contribution is -2.30. The summed E-state index contributed by atoms with van der Waals surface area (Å²) in [4.78, 5) is 15.4. The van der Waals surface area contributed by atoms with Crippen LogP contribution in [0.25, 0.3) is 22.3 Å². The lowest BCUT2D eigenvalue weighted by molar-refractivity contribution is 0.174. The third-order valence-corrected chi connectivity index (χ3v) is 6.52. The Morgan fingerprint density at radius 3 is 2.88 bits per heavy atom. The molecule has 0 N–H and O–H groups in total. The molecule has 168 valence electrons. The second-order valence-corrected chi connectivity index (χ2v) is 8.61. The third kappa shape index (κ3) is 3.78. The first-order valence-electron chi connectivity index (χ1n) is 11.4. The van der Waals surface area contributed by atoms with Crippen molar-refractivity contribution in [2.45, 2.75) is 38.3 Å². The molecule has 4 aromatic rings. The highest BCUT2D eigenvalue weighted by Crippen LogP contribution is 2.38. The van der Waals surface area contributed by atoms with Crippen molar-refractivity contribution in [3.63, 3.8) is 0 Å². The van der Waals surface area contributed by atoms with Gasteiger partial charge in [-0.05, 0) is 49.7 Å². The fraction of sp³-hybridized carbons (Fsp3) is 0.308. The molecule has 0 amide bonds. The fourth-order valence-corrected chi connectivity index (χ4v) is 4.77. The molecule has 0 spiro atoms. The van der Waals surface area contributed by atoms with Crippen molar-refractivity contribution in [2.75, 3.05) is 13.3 Å². The van der Waals surface area contributed by atoms with Crippen molar-refractivity contribution < 1.29 is 18.4 Å². The molecule has 2 aliphatic rings. The average molecular weight is 444 g/mol. The molecule has 0 saturated carbocycles. The van der Waals surface area contributed by atoms with E-state index in [4.69, 9.17) is 18.4 Å². The Bertz CT molecular complexity index is 1360. The maximum atomic E-state index is 13.1. The number of rotatable bonds is 4. The maximum Gasteiger partial charge on any atom is 0.231 e. The molecular weight excluding hydrogens is 420 g/mol. The average Bonchev–Trinajstić information content (AvgIpc) is 3.46.